The number of alkyl halides is 1. The molecule has 0 aliphatic carbocycles. The van der Waals surface area contributed by atoms with Crippen LogP contribution in [-0.2, 0) is 45.6 Å². The molecule has 0 spiro atoms. The largest absolute Gasteiger partial charge is 0.504 e. The number of nitrogens with one attached hydrogen (secondary N) is 2. The van der Waals surface area contributed by atoms with Gasteiger partial charge in [0, 0.05) is 22.6 Å². The molecule has 4 N–H and O–H groups in total. The molecule has 10 rings (SSSR count). The molecule has 2 aliphatic rings. The Hall–Kier alpha value is -8.90. The first-order valence-corrected chi connectivity index (χ1v) is 27.3. The van der Waals surface area contributed by atoms with Gasteiger partial charge in [0.05, 0.1) is 7.11 Å². The number of hydrogen-bond donors (Lipinski definition) is 4. The van der Waals surface area contributed by atoms with E-state index in [4.69, 9.17) is 35.6 Å². The number of halogens is 1. The van der Waals surface area contributed by atoms with Crippen LogP contribution < -0.4 is 15.4 Å². The number of phenolic OH excluding ortho intramolecular Hbond substituents is 2. The number of hydrogen-bond acceptors (Lipinski definition) is 15. The zero-order valence-corrected chi connectivity index (χ0v) is 44.6. The predicted molar refractivity (Wildman–Crippen MR) is 301 cm³/mol. The molecule has 1 saturated heterocycles. The molecule has 1 aromatic heterocycles. The van der Waals surface area contributed by atoms with Crippen LogP contribution in [0, 0.1) is 0 Å². The summed E-state index contributed by atoms with van der Waals surface area (Å²) in [7, 11) is 1.55. The van der Waals surface area contributed by atoms with E-state index in [1.54, 1.807) is 61.0 Å². The summed E-state index contributed by atoms with van der Waals surface area (Å²) in [4.78, 5) is 70.3. The Morgan fingerprint density at radius 2 is 1.33 bits per heavy atom. The number of benzene rings is 7. The number of carbonyl (C=O) groups excluding carboxylic acids is 4. The second kappa shape index (κ2) is 24.2. The van der Waals surface area contributed by atoms with E-state index in [1.807, 2.05) is 127 Å². The van der Waals surface area contributed by atoms with Crippen LogP contribution in [0.3, 0.4) is 0 Å². The summed E-state index contributed by atoms with van der Waals surface area (Å²) in [6, 6.07) is 57.1. The quantitative estimate of drug-likeness (QED) is 0.0107. The number of carbonyl (C=O) groups is 4. The molecule has 1 fully saturated rings. The van der Waals surface area contributed by atoms with Gasteiger partial charge in [0.2, 0.25) is 6.10 Å². The van der Waals surface area contributed by atoms with Crippen LogP contribution >= 0.6 is 34.7 Å². The number of phenols is 2. The van der Waals surface area contributed by atoms with Crippen LogP contribution in [-0.4, -0.2) is 79.7 Å². The minimum absolute atomic E-state index is 0.00301. The SMILES string of the molecule is COc1ccc(COC(=O)C2=C(CCl)CS[C@H]3C(NC(=O)/C(=N\O[C@H](C(=O)OC(c4ccccc4)c4ccccc4)c4ccc(O)c(O)c4)c4csc(NC(c5ccccc5)(c5ccccc5)c5ccccc5)n4)C(=O)N23)cc1. The molecule has 3 atom stereocenters. The van der Waals surface area contributed by atoms with Gasteiger partial charge in [0.25, 0.3) is 11.8 Å². The first-order chi connectivity index (χ1) is 38.6. The van der Waals surface area contributed by atoms with Gasteiger partial charge in [-0.3, -0.25) is 14.5 Å². The normalized spacial score (nSPS) is 15.6. The lowest BCUT2D eigenvalue weighted by atomic mass is 9.77. The van der Waals surface area contributed by atoms with E-state index in [9.17, 15) is 24.6 Å². The predicted octanol–water partition coefficient (Wildman–Crippen LogP) is 10.4. The average Bonchev–Trinajstić information content (AvgIpc) is 4.06. The van der Waals surface area contributed by atoms with Crippen molar-refractivity contribution in [3.63, 3.8) is 0 Å². The van der Waals surface area contributed by atoms with Gasteiger partial charge in [-0.25, -0.2) is 14.6 Å². The van der Waals surface area contributed by atoms with Crippen LogP contribution in [0.4, 0.5) is 5.13 Å². The van der Waals surface area contributed by atoms with Crippen LogP contribution in [0.5, 0.6) is 17.2 Å². The Labute approximate surface area is 468 Å². The Balaban J connectivity index is 1.01. The number of aromatic hydroxyl groups is 2. The number of anilines is 1. The molecule has 0 saturated carbocycles. The number of esters is 2. The van der Waals surface area contributed by atoms with Crippen molar-refractivity contribution < 1.29 is 48.4 Å². The number of methoxy groups -OCH3 is 1. The average molecular weight is 1110 g/mol. The third-order valence-electron chi connectivity index (χ3n) is 13.3. The number of ether oxygens (including phenoxy) is 3. The van der Waals surface area contributed by atoms with E-state index in [0.717, 1.165) is 22.8 Å². The molecule has 15 nitrogen and oxygen atoms in total. The van der Waals surface area contributed by atoms with Crippen molar-refractivity contribution in [3.05, 3.63) is 255 Å². The van der Waals surface area contributed by atoms with E-state index in [-0.39, 0.29) is 35.2 Å². The van der Waals surface area contributed by atoms with Gasteiger partial charge in [0.1, 0.15) is 40.7 Å². The summed E-state index contributed by atoms with van der Waals surface area (Å²) in [5, 5.41) is 33.2. The number of fused-ring (bicyclic) bond motifs is 1. The lowest BCUT2D eigenvalue weighted by Gasteiger charge is -2.49. The molecule has 79 heavy (non-hydrogen) atoms. The second-order valence-electron chi connectivity index (χ2n) is 18.2. The highest BCUT2D eigenvalue weighted by atomic mass is 35.5. The highest BCUT2D eigenvalue weighted by molar-refractivity contribution is 8.00. The first-order valence-electron chi connectivity index (χ1n) is 24.9. The summed E-state index contributed by atoms with van der Waals surface area (Å²) in [6.45, 7) is -0.0904. The summed E-state index contributed by atoms with van der Waals surface area (Å²) in [6.07, 6.45) is -2.70. The van der Waals surface area contributed by atoms with Crippen LogP contribution in [0.1, 0.15) is 56.8 Å². The van der Waals surface area contributed by atoms with Crippen molar-refractivity contribution >= 4 is 69.3 Å². The number of thiazole rings is 1. The van der Waals surface area contributed by atoms with Gasteiger partial charge in [-0.1, -0.05) is 175 Å². The van der Waals surface area contributed by atoms with Gasteiger partial charge in [-0.15, -0.1) is 34.7 Å². The maximum Gasteiger partial charge on any atom is 0.355 e. The van der Waals surface area contributed by atoms with E-state index >= 15 is 4.79 Å². The molecule has 18 heteroatoms. The number of oxime groups is 1. The zero-order valence-electron chi connectivity index (χ0n) is 42.2. The molecule has 0 bridgehead atoms. The smallest absolute Gasteiger partial charge is 0.355 e. The minimum Gasteiger partial charge on any atom is -0.504 e. The van der Waals surface area contributed by atoms with E-state index < -0.39 is 70.1 Å². The fourth-order valence-corrected chi connectivity index (χ4v) is 11.7. The third kappa shape index (κ3) is 11.4. The van der Waals surface area contributed by atoms with Gasteiger partial charge >= 0.3 is 11.9 Å². The topological polar surface area (TPSA) is 198 Å². The fraction of sp³-hybridized carbons (Fsp3) is 0.148. The van der Waals surface area contributed by atoms with Gasteiger partial charge < -0.3 is 39.9 Å². The molecule has 2 aliphatic heterocycles. The lowest BCUT2D eigenvalue weighted by Crippen LogP contribution is -2.71. The highest BCUT2D eigenvalue weighted by Crippen LogP contribution is 2.43. The Morgan fingerprint density at radius 1 is 0.759 bits per heavy atom. The zero-order chi connectivity index (χ0) is 54.9. The molecule has 3 heterocycles. The molecule has 1 unspecified atom stereocenters. The molecular weight excluding hydrogens is 1060 g/mol. The maximum absolute atomic E-state index is 15.1. The number of aromatic nitrogens is 1. The number of amides is 2. The van der Waals surface area contributed by atoms with Crippen LogP contribution in [0.15, 0.2) is 216 Å². The number of nitrogens with zero attached hydrogens (tertiary/aromatic N) is 3. The van der Waals surface area contributed by atoms with E-state index in [0.29, 0.717) is 33.1 Å². The lowest BCUT2D eigenvalue weighted by molar-refractivity contribution is -0.162. The minimum atomic E-state index is -1.76. The second-order valence-corrected chi connectivity index (χ2v) is 20.4. The molecule has 2 amide bonds. The Bertz CT molecular complexity index is 3380. The molecule has 398 valence electrons. The number of thioether (sulfide) groups is 1. The molecule has 7 aromatic carbocycles. The monoisotopic (exact) mass is 1110 g/mol. The standard InChI is InChI=1S/C61H50ClN5O10S2/c1-74-46-30-27-38(28-31-46)35-75-58(72)52-42(34-62)36-78-57-51(56(71)67(52)57)64-55(70)50(47-37-79-60(63-47)65-61(43-21-11-4-12-22-43,44-23-13-5-14-24-44)45-25-15-6-16-26-45)66-77-54(41-29-32-48(68)49(69)33-41)59(73)76-53(39-17-7-2-8-18-39)40-19-9-3-10-20-40/h2-33,37,51,53-54,57,68-69H,34-36H2,1H3,(H,63,65)(H,64,70)/b66-50-/t51?,54-,57-/m0/s1. The van der Waals surface area contributed by atoms with E-state index in [2.05, 4.69) is 15.8 Å². The van der Waals surface area contributed by atoms with Crippen LogP contribution in [0.25, 0.3) is 0 Å². The van der Waals surface area contributed by atoms with Crippen LogP contribution in [0.2, 0.25) is 0 Å². The summed E-state index contributed by atoms with van der Waals surface area (Å²) >= 11 is 8.84. The summed E-state index contributed by atoms with van der Waals surface area (Å²) in [5.74, 6) is -3.46. The van der Waals surface area contributed by atoms with Crippen molar-refractivity contribution in [1.82, 2.24) is 15.2 Å². The van der Waals surface area contributed by atoms with Crippen molar-refractivity contribution in [2.45, 2.75) is 35.8 Å². The Kier molecular flexibility index (Phi) is 16.4. The molecular formula is C61H50ClN5O10S2. The fourth-order valence-electron chi connectivity index (χ4n) is 9.32. The highest BCUT2D eigenvalue weighted by Gasteiger charge is 2.55. The third-order valence-corrected chi connectivity index (χ3v) is 15.7. The molecule has 0 radical (unpaired) electrons. The Morgan fingerprint density at radius 3 is 1.87 bits per heavy atom. The van der Waals surface area contributed by atoms with Crippen molar-refractivity contribution in [2.24, 2.45) is 5.16 Å². The van der Waals surface area contributed by atoms with Crippen molar-refractivity contribution in [3.8, 4) is 17.2 Å². The van der Waals surface area contributed by atoms with Gasteiger partial charge in [-0.2, -0.15) is 0 Å². The number of rotatable bonds is 20. The van der Waals surface area contributed by atoms with Crippen molar-refractivity contribution in [2.75, 3.05) is 24.1 Å². The summed E-state index contributed by atoms with van der Waals surface area (Å²) < 4.78 is 17.2. The maximum atomic E-state index is 15.1. The molecule has 8 aromatic rings. The summed E-state index contributed by atoms with van der Waals surface area (Å²) in [5.41, 5.74) is 3.64. The van der Waals surface area contributed by atoms with Gasteiger partial charge in [0.15, 0.2) is 28.4 Å². The van der Waals surface area contributed by atoms with Crippen molar-refractivity contribution in [1.29, 1.82) is 0 Å². The first kappa shape index (κ1) is 53.5. The number of β-lactam (4-membered cyclic amide) rings is 1. The van der Waals surface area contributed by atoms with Gasteiger partial charge in [-0.05, 0) is 63.2 Å². The van der Waals surface area contributed by atoms with E-state index in [1.165, 1.54) is 40.1 Å².